The largest absolute Gasteiger partial charge is 0.124 e. The van der Waals surface area contributed by atoms with E-state index in [9.17, 15) is 0 Å². The van der Waals surface area contributed by atoms with Crippen LogP contribution in [0, 0.1) is 65.1 Å². The fourth-order valence-electron chi connectivity index (χ4n) is 9.00. The van der Waals surface area contributed by atoms with Gasteiger partial charge in [-0.1, -0.05) is 88.0 Å². The van der Waals surface area contributed by atoms with Gasteiger partial charge in [0.2, 0.25) is 0 Å². The quantitative estimate of drug-likeness (QED) is 0.284. The third-order valence-electron chi connectivity index (χ3n) is 10.7. The molecule has 0 aromatic heterocycles. The third kappa shape index (κ3) is 6.62. The molecule has 0 heterocycles. The lowest BCUT2D eigenvalue weighted by molar-refractivity contribution is -0.117. The van der Waals surface area contributed by atoms with E-state index in [0.717, 1.165) is 41.4 Å². The van der Waals surface area contributed by atoms with Gasteiger partial charge in [0.15, 0.2) is 0 Å². The lowest BCUT2D eigenvalue weighted by Gasteiger charge is -2.61. The van der Waals surface area contributed by atoms with E-state index in [0.29, 0.717) is 10.8 Å². The minimum absolute atomic E-state index is 0.699. The molecule has 4 aliphatic rings. The highest BCUT2D eigenvalue weighted by molar-refractivity contribution is 5.08. The van der Waals surface area contributed by atoms with Crippen LogP contribution in [-0.4, -0.2) is 0 Å². The molecular formula is C33H62. The summed E-state index contributed by atoms with van der Waals surface area (Å²) < 4.78 is 0. The molecule has 0 aliphatic heterocycles. The molecule has 194 valence electrons. The maximum absolute atomic E-state index is 4.00. The van der Waals surface area contributed by atoms with Crippen molar-refractivity contribution >= 4 is 0 Å². The lowest BCUT2D eigenvalue weighted by Crippen LogP contribution is -2.53. The van der Waals surface area contributed by atoms with Crippen LogP contribution in [0.4, 0.5) is 0 Å². The molecule has 8 unspecified atom stereocenters. The van der Waals surface area contributed by atoms with Crippen LogP contribution in [0.5, 0.6) is 0 Å². The molecule has 0 amide bonds. The first-order chi connectivity index (χ1) is 15.8. The Hall–Kier alpha value is -0.440. The van der Waals surface area contributed by atoms with Crippen LogP contribution in [0.1, 0.15) is 146 Å². The Morgan fingerprint density at radius 1 is 0.758 bits per heavy atom. The van der Waals surface area contributed by atoms with E-state index < -0.39 is 0 Å². The van der Waals surface area contributed by atoms with Gasteiger partial charge < -0.3 is 0 Å². The Balaban J connectivity index is 0.000000841. The van der Waals surface area contributed by atoms with Crippen molar-refractivity contribution in [2.45, 2.75) is 146 Å². The first-order valence-corrected chi connectivity index (χ1v) is 15.2. The molecule has 4 rings (SSSR count). The van der Waals surface area contributed by atoms with Gasteiger partial charge in [0.25, 0.3) is 0 Å². The fourth-order valence-corrected chi connectivity index (χ4v) is 9.00. The predicted molar refractivity (Wildman–Crippen MR) is 150 cm³/mol. The van der Waals surface area contributed by atoms with Crippen molar-refractivity contribution in [1.29, 1.82) is 0 Å². The first-order valence-electron chi connectivity index (χ1n) is 15.2. The van der Waals surface area contributed by atoms with Gasteiger partial charge in [0, 0.05) is 0 Å². The number of unbranched alkanes of at least 4 members (excludes halogenated alkanes) is 1. The Kier molecular flexibility index (Phi) is 13.2. The van der Waals surface area contributed by atoms with Gasteiger partial charge in [-0.15, -0.1) is 12.8 Å². The average Bonchev–Trinajstić information content (AvgIpc) is 3.17. The van der Waals surface area contributed by atoms with E-state index in [2.05, 4.69) is 47.5 Å². The number of hydrogen-bond acceptors (Lipinski definition) is 0. The molecule has 0 aromatic carbocycles. The minimum atomic E-state index is 0.699. The van der Waals surface area contributed by atoms with Gasteiger partial charge in [0.05, 0.1) is 0 Å². The van der Waals surface area contributed by atoms with Crippen LogP contribution < -0.4 is 0 Å². The molecule has 0 heteroatoms. The van der Waals surface area contributed by atoms with Gasteiger partial charge in [-0.2, -0.15) is 0 Å². The second kappa shape index (κ2) is 14.2. The molecule has 0 aromatic rings. The summed E-state index contributed by atoms with van der Waals surface area (Å²) in [4.78, 5) is 0. The van der Waals surface area contributed by atoms with Gasteiger partial charge >= 0.3 is 0 Å². The molecule has 0 bridgehead atoms. The zero-order valence-corrected chi connectivity index (χ0v) is 24.4. The highest BCUT2D eigenvalue weighted by Gasteiger charge is 2.59. The summed E-state index contributed by atoms with van der Waals surface area (Å²) in [7, 11) is 0. The normalized spacial score (nSPS) is 41.0. The number of hydrogen-bond donors (Lipinski definition) is 0. The highest BCUT2D eigenvalue weighted by Crippen LogP contribution is 2.68. The monoisotopic (exact) mass is 458 g/mol. The van der Waals surface area contributed by atoms with Gasteiger partial charge in [-0.3, -0.25) is 0 Å². The standard InChI is InChI=1S/C27H48.2C2H6.C2H2/c1-19(2)8-6-7-9-21-11-13-24-23-12-10-22-18-20(3)14-16-27(22,5)25(23)15-17-26(21,24)4;3*1-2/h19-25H,6-18H2,1-5H3;2*1-2H3;1-2H. The lowest BCUT2D eigenvalue weighted by atomic mass is 9.44. The maximum atomic E-state index is 4.00. The van der Waals surface area contributed by atoms with Crippen molar-refractivity contribution in [2.24, 2.45) is 52.3 Å². The molecule has 0 radical (unpaired) electrons. The van der Waals surface area contributed by atoms with Crippen LogP contribution in [0.2, 0.25) is 0 Å². The van der Waals surface area contributed by atoms with Crippen molar-refractivity contribution in [2.75, 3.05) is 0 Å². The average molecular weight is 459 g/mol. The van der Waals surface area contributed by atoms with E-state index >= 15 is 0 Å². The molecule has 0 spiro atoms. The molecule has 4 saturated carbocycles. The second-order valence-electron chi connectivity index (χ2n) is 12.5. The van der Waals surface area contributed by atoms with Gasteiger partial charge in [-0.25, -0.2) is 0 Å². The summed E-state index contributed by atoms with van der Waals surface area (Å²) in [5.74, 6) is 7.22. The smallest absolute Gasteiger partial charge is 0.0266 e. The first kappa shape index (κ1) is 30.6. The summed E-state index contributed by atoms with van der Waals surface area (Å²) in [5, 5.41) is 0. The number of rotatable bonds is 5. The zero-order chi connectivity index (χ0) is 25.2. The molecule has 4 fully saturated rings. The number of terminal acetylenes is 1. The Labute approximate surface area is 210 Å². The van der Waals surface area contributed by atoms with E-state index in [1.165, 1.54) is 32.1 Å². The van der Waals surface area contributed by atoms with Crippen molar-refractivity contribution in [3.63, 3.8) is 0 Å². The van der Waals surface area contributed by atoms with Crippen LogP contribution in [-0.2, 0) is 0 Å². The van der Waals surface area contributed by atoms with E-state index in [4.69, 9.17) is 0 Å². The van der Waals surface area contributed by atoms with E-state index in [1.807, 2.05) is 27.7 Å². The van der Waals surface area contributed by atoms with Gasteiger partial charge in [-0.05, 0) is 110 Å². The highest BCUT2D eigenvalue weighted by atomic mass is 14.6. The molecular weight excluding hydrogens is 396 g/mol. The predicted octanol–water partition coefficient (Wildman–Crippen LogP) is 10.8. The van der Waals surface area contributed by atoms with Crippen molar-refractivity contribution in [3.05, 3.63) is 0 Å². The summed E-state index contributed by atoms with van der Waals surface area (Å²) in [5.41, 5.74) is 1.40. The van der Waals surface area contributed by atoms with E-state index in [1.54, 1.807) is 51.4 Å². The van der Waals surface area contributed by atoms with Crippen LogP contribution >= 0.6 is 0 Å². The van der Waals surface area contributed by atoms with Crippen molar-refractivity contribution < 1.29 is 0 Å². The minimum Gasteiger partial charge on any atom is -0.124 e. The van der Waals surface area contributed by atoms with E-state index in [-0.39, 0.29) is 0 Å². The third-order valence-corrected chi connectivity index (χ3v) is 10.7. The maximum Gasteiger partial charge on any atom is -0.0266 e. The van der Waals surface area contributed by atoms with Crippen LogP contribution in [0.15, 0.2) is 0 Å². The Morgan fingerprint density at radius 2 is 1.36 bits per heavy atom. The second-order valence-corrected chi connectivity index (χ2v) is 12.5. The molecule has 0 N–H and O–H groups in total. The number of fused-ring (bicyclic) bond motifs is 5. The SMILES string of the molecule is C#C.CC.CC.CC(C)CCCCC1CCC2C3CCC4CC(C)CCC4(C)C3CCC12C. The van der Waals surface area contributed by atoms with Crippen molar-refractivity contribution in [1.82, 2.24) is 0 Å². The molecule has 0 nitrogen and oxygen atoms in total. The van der Waals surface area contributed by atoms with Crippen LogP contribution in [0.3, 0.4) is 0 Å². The molecule has 4 aliphatic carbocycles. The summed E-state index contributed by atoms with van der Waals surface area (Å²) in [6.07, 6.45) is 27.9. The fraction of sp³-hybridized carbons (Fsp3) is 0.939. The molecule has 33 heavy (non-hydrogen) atoms. The zero-order valence-electron chi connectivity index (χ0n) is 24.4. The molecule has 8 atom stereocenters. The summed E-state index contributed by atoms with van der Waals surface area (Å²) in [6.45, 7) is 20.8. The van der Waals surface area contributed by atoms with Crippen LogP contribution in [0.25, 0.3) is 0 Å². The van der Waals surface area contributed by atoms with Gasteiger partial charge in [0.1, 0.15) is 0 Å². The topological polar surface area (TPSA) is 0 Å². The van der Waals surface area contributed by atoms with Crippen molar-refractivity contribution in [3.8, 4) is 12.8 Å². The Morgan fingerprint density at radius 3 is 2.00 bits per heavy atom. The Bertz CT molecular complexity index is 543. The summed E-state index contributed by atoms with van der Waals surface area (Å²) in [6, 6.07) is 0. The summed E-state index contributed by atoms with van der Waals surface area (Å²) >= 11 is 0. The molecule has 0 saturated heterocycles.